The topological polar surface area (TPSA) is 101 Å². The van der Waals surface area contributed by atoms with Gasteiger partial charge in [0.15, 0.2) is 0 Å². The minimum absolute atomic E-state index is 0.0659. The maximum Gasteiger partial charge on any atom is 0.241 e. The number of hydrogen-bond donors (Lipinski definition) is 3. The van der Waals surface area contributed by atoms with Gasteiger partial charge in [-0.15, -0.1) is 0 Å². The first-order valence-corrected chi connectivity index (χ1v) is 8.62. The number of carbonyl (C=O) groups excluding carboxylic acids is 1. The maximum atomic E-state index is 12.0. The van der Waals surface area contributed by atoms with Crippen molar-refractivity contribution in [2.75, 3.05) is 5.32 Å². The van der Waals surface area contributed by atoms with Crippen LogP contribution in [0.3, 0.4) is 0 Å². The third kappa shape index (κ3) is 5.17. The van der Waals surface area contributed by atoms with E-state index in [1.807, 2.05) is 30.3 Å². The molecule has 0 fully saturated rings. The van der Waals surface area contributed by atoms with E-state index >= 15 is 0 Å². The summed E-state index contributed by atoms with van der Waals surface area (Å²) in [6.45, 7) is 2.20. The van der Waals surface area contributed by atoms with E-state index in [1.54, 1.807) is 19.1 Å². The highest BCUT2D eigenvalue weighted by Crippen LogP contribution is 2.09. The van der Waals surface area contributed by atoms with Crippen molar-refractivity contribution >= 4 is 21.6 Å². The molecule has 122 valence electrons. The Morgan fingerprint density at radius 2 is 1.70 bits per heavy atom. The van der Waals surface area contributed by atoms with Crippen LogP contribution in [0.5, 0.6) is 0 Å². The Balaban J connectivity index is 1.88. The summed E-state index contributed by atoms with van der Waals surface area (Å²) in [6, 6.07) is 15.0. The van der Waals surface area contributed by atoms with Crippen molar-refractivity contribution in [3.63, 3.8) is 0 Å². The lowest BCUT2D eigenvalue weighted by Gasteiger charge is -2.14. The van der Waals surface area contributed by atoms with Crippen molar-refractivity contribution in [3.05, 3.63) is 60.2 Å². The average molecular weight is 333 g/mol. The van der Waals surface area contributed by atoms with Crippen LogP contribution in [0.2, 0.25) is 0 Å². The Hall–Kier alpha value is -2.22. The molecule has 0 heterocycles. The van der Waals surface area contributed by atoms with Gasteiger partial charge < -0.3 is 10.6 Å². The van der Waals surface area contributed by atoms with Crippen LogP contribution in [0, 0.1) is 0 Å². The van der Waals surface area contributed by atoms with E-state index in [4.69, 9.17) is 5.14 Å². The SMILES string of the molecule is C[C@H](NCc1ccc(S(N)(=O)=O)cc1)C(=O)Nc1ccccc1. The van der Waals surface area contributed by atoms with Crippen molar-refractivity contribution < 1.29 is 13.2 Å². The smallest absolute Gasteiger partial charge is 0.241 e. The summed E-state index contributed by atoms with van der Waals surface area (Å²) in [5.41, 5.74) is 1.60. The second-order valence-corrected chi connectivity index (χ2v) is 6.71. The molecule has 0 bridgehead atoms. The molecule has 0 saturated heterocycles. The number of amides is 1. The third-order valence-electron chi connectivity index (χ3n) is 3.30. The van der Waals surface area contributed by atoms with Gasteiger partial charge in [0.1, 0.15) is 0 Å². The summed E-state index contributed by atoms with van der Waals surface area (Å²) in [7, 11) is -3.68. The van der Waals surface area contributed by atoms with Gasteiger partial charge in [-0.25, -0.2) is 13.6 Å². The number of benzene rings is 2. The second-order valence-electron chi connectivity index (χ2n) is 5.15. The van der Waals surface area contributed by atoms with Gasteiger partial charge in [-0.05, 0) is 36.8 Å². The fraction of sp³-hybridized carbons (Fsp3) is 0.188. The number of para-hydroxylation sites is 1. The van der Waals surface area contributed by atoms with Crippen LogP contribution < -0.4 is 15.8 Å². The Morgan fingerprint density at radius 3 is 2.26 bits per heavy atom. The number of primary sulfonamides is 1. The molecular formula is C16H19N3O3S. The molecule has 1 atom stereocenters. The van der Waals surface area contributed by atoms with Crippen LogP contribution in [-0.2, 0) is 21.4 Å². The zero-order valence-electron chi connectivity index (χ0n) is 12.7. The largest absolute Gasteiger partial charge is 0.325 e. The molecule has 0 aliphatic rings. The van der Waals surface area contributed by atoms with E-state index in [1.165, 1.54) is 12.1 Å². The molecule has 0 spiro atoms. The molecule has 0 aliphatic heterocycles. The summed E-state index contributed by atoms with van der Waals surface area (Å²) >= 11 is 0. The predicted octanol–water partition coefficient (Wildman–Crippen LogP) is 1.45. The molecule has 0 radical (unpaired) electrons. The fourth-order valence-corrected chi connectivity index (χ4v) is 2.45. The summed E-state index contributed by atoms with van der Waals surface area (Å²) in [6.07, 6.45) is 0. The van der Waals surface area contributed by atoms with Crippen molar-refractivity contribution in [1.82, 2.24) is 5.32 Å². The lowest BCUT2D eigenvalue weighted by molar-refractivity contribution is -0.117. The van der Waals surface area contributed by atoms with Gasteiger partial charge in [-0.1, -0.05) is 30.3 Å². The molecule has 2 rings (SSSR count). The van der Waals surface area contributed by atoms with Gasteiger partial charge in [0.2, 0.25) is 15.9 Å². The molecule has 0 saturated carbocycles. The standard InChI is InChI=1S/C16H19N3O3S/c1-12(16(20)19-14-5-3-2-4-6-14)18-11-13-7-9-15(10-8-13)23(17,21)22/h2-10,12,18H,11H2,1H3,(H,19,20)(H2,17,21,22)/t12-/m0/s1. The van der Waals surface area contributed by atoms with Crippen molar-refractivity contribution in [3.8, 4) is 0 Å². The quantitative estimate of drug-likeness (QED) is 0.744. The molecular weight excluding hydrogens is 314 g/mol. The molecule has 0 aliphatic carbocycles. The first kappa shape index (κ1) is 17.1. The van der Waals surface area contributed by atoms with Crippen LogP contribution in [0.15, 0.2) is 59.5 Å². The lowest BCUT2D eigenvalue weighted by Crippen LogP contribution is -2.37. The van der Waals surface area contributed by atoms with E-state index in [2.05, 4.69) is 10.6 Å². The normalized spacial score (nSPS) is 12.6. The Morgan fingerprint density at radius 1 is 1.09 bits per heavy atom. The Kier molecular flexibility index (Phi) is 5.49. The molecule has 1 amide bonds. The van der Waals surface area contributed by atoms with E-state index in [-0.39, 0.29) is 10.8 Å². The zero-order valence-corrected chi connectivity index (χ0v) is 13.5. The number of nitrogens with one attached hydrogen (secondary N) is 2. The number of sulfonamides is 1. The number of carbonyl (C=O) groups is 1. The molecule has 4 N–H and O–H groups in total. The molecule has 7 heteroatoms. The number of anilines is 1. The molecule has 6 nitrogen and oxygen atoms in total. The molecule has 2 aromatic carbocycles. The van der Waals surface area contributed by atoms with E-state index < -0.39 is 16.1 Å². The van der Waals surface area contributed by atoms with Crippen molar-refractivity contribution in [2.24, 2.45) is 5.14 Å². The van der Waals surface area contributed by atoms with Gasteiger partial charge in [0.25, 0.3) is 0 Å². The Labute approximate surface area is 135 Å². The number of nitrogens with two attached hydrogens (primary N) is 1. The average Bonchev–Trinajstić information content (AvgIpc) is 2.53. The maximum absolute atomic E-state index is 12.0. The molecule has 0 unspecified atom stereocenters. The predicted molar refractivity (Wildman–Crippen MR) is 89.2 cm³/mol. The van der Waals surface area contributed by atoms with Crippen LogP contribution in [-0.4, -0.2) is 20.4 Å². The zero-order chi connectivity index (χ0) is 16.9. The van der Waals surface area contributed by atoms with Gasteiger partial charge in [0.05, 0.1) is 10.9 Å². The van der Waals surface area contributed by atoms with Crippen molar-refractivity contribution in [1.29, 1.82) is 0 Å². The first-order chi connectivity index (χ1) is 10.9. The number of hydrogen-bond acceptors (Lipinski definition) is 4. The highest BCUT2D eigenvalue weighted by Gasteiger charge is 2.12. The summed E-state index contributed by atoms with van der Waals surface area (Å²) < 4.78 is 22.4. The van der Waals surface area contributed by atoms with Crippen LogP contribution in [0.4, 0.5) is 5.69 Å². The minimum atomic E-state index is -3.68. The van der Waals surface area contributed by atoms with Crippen LogP contribution in [0.1, 0.15) is 12.5 Å². The monoisotopic (exact) mass is 333 g/mol. The molecule has 2 aromatic rings. The van der Waals surface area contributed by atoms with E-state index in [9.17, 15) is 13.2 Å². The molecule has 0 aromatic heterocycles. The highest BCUT2D eigenvalue weighted by atomic mass is 32.2. The lowest BCUT2D eigenvalue weighted by atomic mass is 10.2. The van der Waals surface area contributed by atoms with Crippen molar-refractivity contribution in [2.45, 2.75) is 24.4 Å². The Bertz CT molecular complexity index is 759. The highest BCUT2D eigenvalue weighted by molar-refractivity contribution is 7.89. The molecule has 23 heavy (non-hydrogen) atoms. The van der Waals surface area contributed by atoms with Gasteiger partial charge in [-0.2, -0.15) is 0 Å². The summed E-state index contributed by atoms with van der Waals surface area (Å²) in [5, 5.41) is 10.9. The minimum Gasteiger partial charge on any atom is -0.325 e. The van der Waals surface area contributed by atoms with E-state index in [0.29, 0.717) is 6.54 Å². The summed E-state index contributed by atoms with van der Waals surface area (Å²) in [5.74, 6) is -0.141. The second kappa shape index (κ2) is 7.36. The third-order valence-corrected chi connectivity index (χ3v) is 4.23. The van der Waals surface area contributed by atoms with Gasteiger partial charge in [-0.3, -0.25) is 4.79 Å². The summed E-state index contributed by atoms with van der Waals surface area (Å²) in [4.78, 5) is 12.1. The van der Waals surface area contributed by atoms with Crippen LogP contribution in [0.25, 0.3) is 0 Å². The van der Waals surface area contributed by atoms with Gasteiger partial charge >= 0.3 is 0 Å². The van der Waals surface area contributed by atoms with Gasteiger partial charge in [0, 0.05) is 12.2 Å². The fourth-order valence-electron chi connectivity index (χ4n) is 1.93. The first-order valence-electron chi connectivity index (χ1n) is 7.07. The van der Waals surface area contributed by atoms with Crippen LogP contribution >= 0.6 is 0 Å². The number of rotatable bonds is 6. The van der Waals surface area contributed by atoms with E-state index in [0.717, 1.165) is 11.3 Å².